The van der Waals surface area contributed by atoms with E-state index < -0.39 is 0 Å². The second kappa shape index (κ2) is 6.89. The first-order valence-corrected chi connectivity index (χ1v) is 6.97. The van der Waals surface area contributed by atoms with E-state index in [-0.39, 0.29) is 12.0 Å². The molecule has 1 amide bonds. The molecule has 5 heteroatoms. The second-order valence-corrected chi connectivity index (χ2v) is 5.32. The van der Waals surface area contributed by atoms with Crippen molar-refractivity contribution in [1.29, 1.82) is 0 Å². The molecule has 19 heavy (non-hydrogen) atoms. The van der Waals surface area contributed by atoms with E-state index in [0.29, 0.717) is 11.4 Å². The number of amides is 1. The summed E-state index contributed by atoms with van der Waals surface area (Å²) >= 11 is 5.86. The van der Waals surface area contributed by atoms with E-state index in [9.17, 15) is 9.90 Å². The van der Waals surface area contributed by atoms with Crippen molar-refractivity contribution < 1.29 is 9.90 Å². The Labute approximate surface area is 118 Å². The van der Waals surface area contributed by atoms with Crippen LogP contribution >= 0.6 is 11.6 Å². The maximum atomic E-state index is 11.8. The van der Waals surface area contributed by atoms with E-state index in [1.807, 2.05) is 12.1 Å². The van der Waals surface area contributed by atoms with Crippen LogP contribution in [0.2, 0.25) is 5.02 Å². The molecule has 0 unspecified atom stereocenters. The molecule has 4 nitrogen and oxygen atoms in total. The van der Waals surface area contributed by atoms with Gasteiger partial charge in [-0.3, -0.25) is 4.79 Å². The van der Waals surface area contributed by atoms with Gasteiger partial charge in [0.2, 0.25) is 5.91 Å². The fourth-order valence-corrected chi connectivity index (χ4v) is 2.38. The number of piperidine rings is 1. The molecule has 1 aliphatic heterocycles. The standard InChI is InChI=1S/C14H19ClN2O2/c15-11-2-1-3-12(10-11)16-14(19)6-9-17-7-4-13(18)5-8-17/h1-3,10,13,18H,4-9H2,(H,16,19). The van der Waals surface area contributed by atoms with Gasteiger partial charge in [-0.1, -0.05) is 17.7 Å². The lowest BCUT2D eigenvalue weighted by Gasteiger charge is -2.29. The number of likely N-dealkylation sites (tertiary alicyclic amines) is 1. The summed E-state index contributed by atoms with van der Waals surface area (Å²) in [5.41, 5.74) is 0.728. The highest BCUT2D eigenvalue weighted by Gasteiger charge is 2.17. The predicted octanol–water partition coefficient (Wildman–Crippen LogP) is 2.13. The van der Waals surface area contributed by atoms with E-state index in [1.165, 1.54) is 0 Å². The topological polar surface area (TPSA) is 52.6 Å². The zero-order valence-electron chi connectivity index (χ0n) is 10.8. The summed E-state index contributed by atoms with van der Waals surface area (Å²) in [6.45, 7) is 2.47. The van der Waals surface area contributed by atoms with Gasteiger partial charge < -0.3 is 15.3 Å². The number of aliphatic hydroxyl groups is 1. The first-order chi connectivity index (χ1) is 9.13. The summed E-state index contributed by atoms with van der Waals surface area (Å²) < 4.78 is 0. The maximum Gasteiger partial charge on any atom is 0.225 e. The summed E-state index contributed by atoms with van der Waals surface area (Å²) in [7, 11) is 0. The normalized spacial score (nSPS) is 17.4. The van der Waals surface area contributed by atoms with Crippen LogP contribution in [-0.4, -0.2) is 41.7 Å². The number of hydrogen-bond acceptors (Lipinski definition) is 3. The molecule has 0 atom stereocenters. The van der Waals surface area contributed by atoms with Crippen molar-refractivity contribution >= 4 is 23.2 Å². The molecule has 0 aromatic heterocycles. The first-order valence-electron chi connectivity index (χ1n) is 6.59. The largest absolute Gasteiger partial charge is 0.393 e. The van der Waals surface area contributed by atoms with Crippen molar-refractivity contribution in [2.45, 2.75) is 25.4 Å². The number of nitrogens with one attached hydrogen (secondary N) is 1. The number of carbonyl (C=O) groups excluding carboxylic acids is 1. The number of carbonyl (C=O) groups is 1. The Morgan fingerprint density at radius 3 is 2.84 bits per heavy atom. The Hall–Kier alpha value is -1.10. The minimum absolute atomic E-state index is 0.00612. The highest BCUT2D eigenvalue weighted by Crippen LogP contribution is 2.15. The Balaban J connectivity index is 1.73. The third-order valence-electron chi connectivity index (χ3n) is 3.32. The van der Waals surface area contributed by atoms with Crippen LogP contribution in [0.3, 0.4) is 0 Å². The van der Waals surface area contributed by atoms with Crippen molar-refractivity contribution in [1.82, 2.24) is 4.90 Å². The van der Waals surface area contributed by atoms with Crippen molar-refractivity contribution in [2.24, 2.45) is 0 Å². The summed E-state index contributed by atoms with van der Waals surface area (Å²) in [5.74, 6) is -0.00612. The molecule has 1 aliphatic rings. The third kappa shape index (κ3) is 4.82. The van der Waals surface area contributed by atoms with E-state index in [4.69, 9.17) is 11.6 Å². The molecular formula is C14H19ClN2O2. The van der Waals surface area contributed by atoms with Crippen LogP contribution in [0.25, 0.3) is 0 Å². The predicted molar refractivity (Wildman–Crippen MR) is 76.4 cm³/mol. The molecule has 1 heterocycles. The van der Waals surface area contributed by atoms with Crippen LogP contribution in [-0.2, 0) is 4.79 Å². The smallest absolute Gasteiger partial charge is 0.225 e. The van der Waals surface area contributed by atoms with E-state index >= 15 is 0 Å². The minimum Gasteiger partial charge on any atom is -0.393 e. The lowest BCUT2D eigenvalue weighted by molar-refractivity contribution is -0.116. The number of nitrogens with zero attached hydrogens (tertiary/aromatic N) is 1. The van der Waals surface area contributed by atoms with Crippen LogP contribution in [0.15, 0.2) is 24.3 Å². The van der Waals surface area contributed by atoms with Gasteiger partial charge in [0.25, 0.3) is 0 Å². The Morgan fingerprint density at radius 1 is 1.42 bits per heavy atom. The zero-order chi connectivity index (χ0) is 13.7. The highest BCUT2D eigenvalue weighted by molar-refractivity contribution is 6.30. The quantitative estimate of drug-likeness (QED) is 0.889. The zero-order valence-corrected chi connectivity index (χ0v) is 11.6. The number of benzene rings is 1. The Morgan fingerprint density at radius 2 is 2.16 bits per heavy atom. The van der Waals surface area contributed by atoms with Crippen LogP contribution < -0.4 is 5.32 Å². The maximum absolute atomic E-state index is 11.8. The van der Waals surface area contributed by atoms with Gasteiger partial charge in [0.05, 0.1) is 6.10 Å². The fraction of sp³-hybridized carbons (Fsp3) is 0.500. The molecule has 2 N–H and O–H groups in total. The lowest BCUT2D eigenvalue weighted by atomic mass is 10.1. The fourth-order valence-electron chi connectivity index (χ4n) is 2.19. The van der Waals surface area contributed by atoms with Gasteiger partial charge in [0.1, 0.15) is 0 Å². The summed E-state index contributed by atoms with van der Waals surface area (Å²) in [5, 5.41) is 12.9. The minimum atomic E-state index is -0.170. The Bertz CT molecular complexity index is 431. The van der Waals surface area contributed by atoms with Gasteiger partial charge in [-0.05, 0) is 31.0 Å². The molecule has 104 valence electrons. The number of hydrogen-bond donors (Lipinski definition) is 2. The molecule has 1 saturated heterocycles. The van der Waals surface area contributed by atoms with E-state index in [1.54, 1.807) is 12.1 Å². The van der Waals surface area contributed by atoms with Crippen LogP contribution in [0.4, 0.5) is 5.69 Å². The van der Waals surface area contributed by atoms with Gasteiger partial charge in [-0.25, -0.2) is 0 Å². The van der Waals surface area contributed by atoms with Crippen molar-refractivity contribution in [3.8, 4) is 0 Å². The summed E-state index contributed by atoms with van der Waals surface area (Å²) in [4.78, 5) is 14.0. The SMILES string of the molecule is O=C(CCN1CCC(O)CC1)Nc1cccc(Cl)c1. The summed E-state index contributed by atoms with van der Waals surface area (Å²) in [6, 6.07) is 7.14. The highest BCUT2D eigenvalue weighted by atomic mass is 35.5. The molecule has 2 rings (SSSR count). The summed E-state index contributed by atoms with van der Waals surface area (Å²) in [6.07, 6.45) is 1.89. The molecule has 0 saturated carbocycles. The van der Waals surface area contributed by atoms with Crippen LogP contribution in [0.1, 0.15) is 19.3 Å². The average molecular weight is 283 g/mol. The third-order valence-corrected chi connectivity index (χ3v) is 3.56. The van der Waals surface area contributed by atoms with Crippen molar-refractivity contribution in [3.63, 3.8) is 0 Å². The van der Waals surface area contributed by atoms with Crippen LogP contribution in [0.5, 0.6) is 0 Å². The second-order valence-electron chi connectivity index (χ2n) is 4.88. The monoisotopic (exact) mass is 282 g/mol. The molecule has 1 fully saturated rings. The van der Waals surface area contributed by atoms with Crippen LogP contribution in [0, 0.1) is 0 Å². The molecule has 1 aromatic carbocycles. The van der Waals surface area contributed by atoms with Crippen molar-refractivity contribution in [3.05, 3.63) is 29.3 Å². The van der Waals surface area contributed by atoms with Crippen molar-refractivity contribution in [2.75, 3.05) is 25.0 Å². The average Bonchev–Trinajstić information content (AvgIpc) is 2.38. The molecule has 0 bridgehead atoms. The number of anilines is 1. The molecule has 0 radical (unpaired) electrons. The lowest BCUT2D eigenvalue weighted by Crippen LogP contribution is -2.37. The number of aliphatic hydroxyl groups excluding tert-OH is 1. The first kappa shape index (κ1) is 14.3. The van der Waals surface area contributed by atoms with Gasteiger partial charge in [0, 0.05) is 36.8 Å². The van der Waals surface area contributed by atoms with Gasteiger partial charge in [0.15, 0.2) is 0 Å². The molecule has 0 aliphatic carbocycles. The number of rotatable bonds is 4. The molecule has 1 aromatic rings. The number of halogens is 1. The van der Waals surface area contributed by atoms with E-state index in [0.717, 1.165) is 38.2 Å². The van der Waals surface area contributed by atoms with E-state index in [2.05, 4.69) is 10.2 Å². The van der Waals surface area contributed by atoms with Gasteiger partial charge >= 0.3 is 0 Å². The van der Waals surface area contributed by atoms with Gasteiger partial charge in [-0.2, -0.15) is 0 Å². The molecular weight excluding hydrogens is 264 g/mol. The molecule has 0 spiro atoms. The Kier molecular flexibility index (Phi) is 5.19. The van der Waals surface area contributed by atoms with Gasteiger partial charge in [-0.15, -0.1) is 0 Å².